The molecule has 1 saturated heterocycles. The van der Waals surface area contributed by atoms with Gasteiger partial charge in [0.2, 0.25) is 0 Å². The van der Waals surface area contributed by atoms with Crippen molar-refractivity contribution < 1.29 is 0 Å². The number of nitrogens with one attached hydrogen (secondary N) is 1. The van der Waals surface area contributed by atoms with Crippen LogP contribution in [0.15, 0.2) is 17.5 Å². The molecule has 1 N–H and O–H groups in total. The fraction of sp³-hybridized carbons (Fsp3) is 0.556. The average molecular weight is 219 g/mol. The Morgan fingerprint density at radius 2 is 2.15 bits per heavy atom. The van der Waals surface area contributed by atoms with Crippen molar-refractivity contribution in [3.63, 3.8) is 0 Å². The molecule has 1 aliphatic rings. The molecule has 0 aromatic carbocycles. The van der Waals surface area contributed by atoms with Crippen LogP contribution in [0.5, 0.6) is 0 Å². The van der Waals surface area contributed by atoms with Crippen LogP contribution in [-0.4, -0.2) is 31.1 Å². The first-order valence-electron chi connectivity index (χ1n) is 4.40. The number of hydrogen-bond donors (Lipinski definition) is 1. The predicted octanol–water partition coefficient (Wildman–Crippen LogP) is 1.58. The van der Waals surface area contributed by atoms with Crippen molar-refractivity contribution in [3.8, 4) is 0 Å². The third-order valence-electron chi connectivity index (χ3n) is 2.17. The van der Waals surface area contributed by atoms with Gasteiger partial charge in [0.25, 0.3) is 0 Å². The lowest BCUT2D eigenvalue weighted by Crippen LogP contribution is -2.42. The van der Waals surface area contributed by atoms with E-state index in [0.717, 1.165) is 19.6 Å². The summed E-state index contributed by atoms with van der Waals surface area (Å²) in [5, 5.41) is 5.51. The largest absolute Gasteiger partial charge is 0.314 e. The first-order chi connectivity index (χ1) is 5.95. The van der Waals surface area contributed by atoms with E-state index in [1.807, 2.05) is 11.3 Å². The van der Waals surface area contributed by atoms with Crippen LogP contribution in [0.4, 0.5) is 0 Å². The van der Waals surface area contributed by atoms with Crippen molar-refractivity contribution >= 4 is 23.7 Å². The Balaban J connectivity index is 0.000000845. The van der Waals surface area contributed by atoms with Gasteiger partial charge >= 0.3 is 0 Å². The standard InChI is InChI=1S/C9H14N2S.ClH/c1-2-9(12-7-1)8-11-5-3-10-4-6-11;/h1-2,7,10H,3-6,8H2;1H. The minimum Gasteiger partial charge on any atom is -0.314 e. The minimum atomic E-state index is 0. The molecule has 1 aliphatic heterocycles. The lowest BCUT2D eigenvalue weighted by Gasteiger charge is -2.26. The molecule has 0 aliphatic carbocycles. The summed E-state index contributed by atoms with van der Waals surface area (Å²) in [6.45, 7) is 5.81. The normalized spacial score (nSPS) is 18.2. The van der Waals surface area contributed by atoms with Crippen LogP contribution in [0.1, 0.15) is 4.88 Å². The number of nitrogens with zero attached hydrogens (tertiary/aromatic N) is 1. The van der Waals surface area contributed by atoms with Crippen LogP contribution in [0, 0.1) is 0 Å². The lowest BCUT2D eigenvalue weighted by atomic mass is 10.3. The highest BCUT2D eigenvalue weighted by Gasteiger charge is 2.09. The summed E-state index contributed by atoms with van der Waals surface area (Å²) in [6, 6.07) is 4.34. The van der Waals surface area contributed by atoms with Gasteiger partial charge in [0.1, 0.15) is 0 Å². The zero-order chi connectivity index (χ0) is 8.23. The van der Waals surface area contributed by atoms with Crippen LogP contribution in [0.25, 0.3) is 0 Å². The van der Waals surface area contributed by atoms with Crippen molar-refractivity contribution in [1.82, 2.24) is 10.2 Å². The molecule has 0 atom stereocenters. The molecule has 0 saturated carbocycles. The number of piperazine rings is 1. The van der Waals surface area contributed by atoms with Gasteiger partial charge in [0.15, 0.2) is 0 Å². The van der Waals surface area contributed by atoms with E-state index in [4.69, 9.17) is 0 Å². The average Bonchev–Trinajstić information content (AvgIpc) is 2.59. The van der Waals surface area contributed by atoms with Crippen molar-refractivity contribution in [3.05, 3.63) is 22.4 Å². The molecule has 0 amide bonds. The Bertz CT molecular complexity index is 220. The van der Waals surface area contributed by atoms with Crippen molar-refractivity contribution in [2.45, 2.75) is 6.54 Å². The summed E-state index contributed by atoms with van der Waals surface area (Å²) in [7, 11) is 0. The molecule has 2 rings (SSSR count). The zero-order valence-corrected chi connectivity index (χ0v) is 9.16. The van der Waals surface area contributed by atoms with E-state index in [0.29, 0.717) is 0 Å². The highest BCUT2D eigenvalue weighted by atomic mass is 35.5. The second-order valence-electron chi connectivity index (χ2n) is 3.11. The van der Waals surface area contributed by atoms with E-state index in [2.05, 4.69) is 27.7 Å². The van der Waals surface area contributed by atoms with Crippen LogP contribution in [0.2, 0.25) is 0 Å². The third-order valence-corrected chi connectivity index (χ3v) is 3.03. The molecule has 0 unspecified atom stereocenters. The molecule has 1 fully saturated rings. The Labute approximate surface area is 89.4 Å². The van der Waals surface area contributed by atoms with E-state index < -0.39 is 0 Å². The molecular formula is C9H15ClN2S. The van der Waals surface area contributed by atoms with Gasteiger partial charge in [0.05, 0.1) is 0 Å². The summed E-state index contributed by atoms with van der Waals surface area (Å²) in [5.74, 6) is 0. The summed E-state index contributed by atoms with van der Waals surface area (Å²) in [6.07, 6.45) is 0. The zero-order valence-electron chi connectivity index (χ0n) is 7.53. The monoisotopic (exact) mass is 218 g/mol. The van der Waals surface area contributed by atoms with Gasteiger partial charge in [-0.1, -0.05) is 6.07 Å². The van der Waals surface area contributed by atoms with Gasteiger partial charge in [-0.05, 0) is 11.4 Å². The van der Waals surface area contributed by atoms with Crippen LogP contribution in [-0.2, 0) is 6.54 Å². The second-order valence-corrected chi connectivity index (χ2v) is 4.14. The highest BCUT2D eigenvalue weighted by Crippen LogP contribution is 2.11. The van der Waals surface area contributed by atoms with Crippen LogP contribution in [0.3, 0.4) is 0 Å². The maximum absolute atomic E-state index is 3.36. The second kappa shape index (κ2) is 5.60. The maximum atomic E-state index is 3.36. The molecule has 4 heteroatoms. The Morgan fingerprint density at radius 3 is 2.77 bits per heavy atom. The minimum absolute atomic E-state index is 0. The van der Waals surface area contributed by atoms with Gasteiger partial charge in [0, 0.05) is 37.6 Å². The van der Waals surface area contributed by atoms with Gasteiger partial charge in [-0.2, -0.15) is 0 Å². The molecule has 0 bridgehead atoms. The fourth-order valence-electron chi connectivity index (χ4n) is 1.49. The van der Waals surface area contributed by atoms with Crippen LogP contribution >= 0.6 is 23.7 Å². The van der Waals surface area contributed by atoms with E-state index >= 15 is 0 Å². The van der Waals surface area contributed by atoms with Gasteiger partial charge < -0.3 is 5.32 Å². The van der Waals surface area contributed by atoms with Crippen molar-refractivity contribution in [2.75, 3.05) is 26.2 Å². The number of hydrogen-bond acceptors (Lipinski definition) is 3. The van der Waals surface area contributed by atoms with E-state index in [-0.39, 0.29) is 12.4 Å². The molecule has 1 aromatic rings. The third kappa shape index (κ3) is 3.27. The Morgan fingerprint density at radius 1 is 1.38 bits per heavy atom. The highest BCUT2D eigenvalue weighted by molar-refractivity contribution is 7.09. The quantitative estimate of drug-likeness (QED) is 0.811. The molecule has 74 valence electrons. The summed E-state index contributed by atoms with van der Waals surface area (Å²) < 4.78 is 0. The first kappa shape index (κ1) is 11.0. The molecule has 13 heavy (non-hydrogen) atoms. The molecule has 1 aromatic heterocycles. The number of rotatable bonds is 2. The van der Waals surface area contributed by atoms with E-state index in [1.165, 1.54) is 18.0 Å². The van der Waals surface area contributed by atoms with Gasteiger partial charge in [-0.25, -0.2) is 0 Å². The van der Waals surface area contributed by atoms with E-state index in [9.17, 15) is 0 Å². The summed E-state index contributed by atoms with van der Waals surface area (Å²) in [5.41, 5.74) is 0. The van der Waals surface area contributed by atoms with Crippen LogP contribution < -0.4 is 5.32 Å². The molecule has 0 spiro atoms. The van der Waals surface area contributed by atoms with Gasteiger partial charge in [-0.3, -0.25) is 4.90 Å². The molecular weight excluding hydrogens is 204 g/mol. The lowest BCUT2D eigenvalue weighted by molar-refractivity contribution is 0.235. The topological polar surface area (TPSA) is 15.3 Å². The number of halogens is 1. The fourth-order valence-corrected chi connectivity index (χ4v) is 2.24. The summed E-state index contributed by atoms with van der Waals surface area (Å²) >= 11 is 1.85. The first-order valence-corrected chi connectivity index (χ1v) is 5.28. The predicted molar refractivity (Wildman–Crippen MR) is 59.7 cm³/mol. The van der Waals surface area contributed by atoms with Crippen molar-refractivity contribution in [1.29, 1.82) is 0 Å². The molecule has 2 heterocycles. The van der Waals surface area contributed by atoms with Crippen molar-refractivity contribution in [2.24, 2.45) is 0 Å². The SMILES string of the molecule is Cl.c1csc(CN2CCNCC2)c1. The smallest absolute Gasteiger partial charge is 0.0328 e. The molecule has 2 nitrogen and oxygen atoms in total. The Kier molecular flexibility index (Phi) is 4.73. The number of thiophene rings is 1. The van der Waals surface area contributed by atoms with E-state index in [1.54, 1.807) is 0 Å². The summed E-state index contributed by atoms with van der Waals surface area (Å²) in [4.78, 5) is 3.99. The Hall–Kier alpha value is -0.0900. The van der Waals surface area contributed by atoms with Gasteiger partial charge in [-0.15, -0.1) is 23.7 Å². The maximum Gasteiger partial charge on any atom is 0.0328 e. The molecule has 0 radical (unpaired) electrons.